The summed E-state index contributed by atoms with van der Waals surface area (Å²) in [6.45, 7) is 7.57. The van der Waals surface area contributed by atoms with Gasteiger partial charge in [0.15, 0.2) is 5.78 Å². The van der Waals surface area contributed by atoms with E-state index in [-0.39, 0.29) is 11.2 Å². The number of anilines is 1. The van der Waals surface area contributed by atoms with Gasteiger partial charge >= 0.3 is 0 Å². The maximum absolute atomic E-state index is 12.6. The van der Waals surface area contributed by atoms with Crippen LogP contribution < -0.4 is 11.1 Å². The van der Waals surface area contributed by atoms with Gasteiger partial charge < -0.3 is 20.2 Å². The minimum absolute atomic E-state index is 0.0893. The number of hydrogen-bond donors (Lipinski definition) is 2. The number of aryl methyl sites for hydroxylation is 1. The topological polar surface area (TPSA) is 94.9 Å². The lowest BCUT2D eigenvalue weighted by atomic mass is 9.76. The lowest BCUT2D eigenvalue weighted by Crippen LogP contribution is -2.28. The van der Waals surface area contributed by atoms with Gasteiger partial charge in [-0.25, -0.2) is 4.98 Å². The summed E-state index contributed by atoms with van der Waals surface area (Å²) in [5.41, 5.74) is 10.3. The van der Waals surface area contributed by atoms with E-state index in [4.69, 9.17) is 5.73 Å². The van der Waals surface area contributed by atoms with E-state index in [1.54, 1.807) is 18.6 Å². The van der Waals surface area contributed by atoms with Gasteiger partial charge in [0.1, 0.15) is 0 Å². The van der Waals surface area contributed by atoms with Crippen molar-refractivity contribution in [2.45, 2.75) is 40.2 Å². The van der Waals surface area contributed by atoms with Gasteiger partial charge in [0.2, 0.25) is 0 Å². The molecule has 3 aromatic rings. The molecule has 4 rings (SSSR count). The summed E-state index contributed by atoms with van der Waals surface area (Å²) in [6, 6.07) is 7.60. The van der Waals surface area contributed by atoms with Crippen LogP contribution in [-0.4, -0.2) is 32.4 Å². The molecule has 1 aliphatic carbocycles. The van der Waals surface area contributed by atoms with Gasteiger partial charge in [-0.1, -0.05) is 13.8 Å². The van der Waals surface area contributed by atoms with Crippen molar-refractivity contribution in [1.29, 1.82) is 0 Å². The van der Waals surface area contributed by atoms with Crippen LogP contribution in [0.1, 0.15) is 52.4 Å². The summed E-state index contributed by atoms with van der Waals surface area (Å²) in [5.74, 6) is -0.312. The van der Waals surface area contributed by atoms with Gasteiger partial charge in [-0.15, -0.1) is 0 Å². The molecule has 0 aliphatic heterocycles. The molecule has 7 heteroatoms. The smallest absolute Gasteiger partial charge is 0.250 e. The van der Waals surface area contributed by atoms with E-state index in [0.717, 1.165) is 35.6 Å². The van der Waals surface area contributed by atoms with Crippen molar-refractivity contribution in [2.24, 2.45) is 11.1 Å². The molecule has 156 valence electrons. The van der Waals surface area contributed by atoms with Crippen LogP contribution in [0.2, 0.25) is 0 Å². The summed E-state index contributed by atoms with van der Waals surface area (Å²) in [5, 5.41) is 3.29. The molecule has 0 spiro atoms. The fourth-order valence-corrected chi connectivity index (χ4v) is 4.28. The van der Waals surface area contributed by atoms with E-state index in [0.29, 0.717) is 24.2 Å². The van der Waals surface area contributed by atoms with Crippen LogP contribution in [-0.2, 0) is 13.0 Å². The van der Waals surface area contributed by atoms with Gasteiger partial charge in [0.05, 0.1) is 11.9 Å². The summed E-state index contributed by atoms with van der Waals surface area (Å²) in [6.07, 6.45) is 6.73. The zero-order valence-corrected chi connectivity index (χ0v) is 17.6. The lowest BCUT2D eigenvalue weighted by Gasteiger charge is -2.30. The molecule has 0 atom stereocenters. The maximum Gasteiger partial charge on any atom is 0.250 e. The van der Waals surface area contributed by atoms with Crippen LogP contribution in [0.15, 0.2) is 43.0 Å². The van der Waals surface area contributed by atoms with Crippen molar-refractivity contribution in [2.75, 3.05) is 11.9 Å². The van der Waals surface area contributed by atoms with E-state index in [9.17, 15) is 9.59 Å². The molecule has 0 bridgehead atoms. The Morgan fingerprint density at radius 1 is 1.27 bits per heavy atom. The highest BCUT2D eigenvalue weighted by atomic mass is 16.1. The zero-order valence-electron chi connectivity index (χ0n) is 17.6. The van der Waals surface area contributed by atoms with Crippen LogP contribution in [0.5, 0.6) is 0 Å². The standard InChI is InChI=1S/C23H27N5O2/c1-15-10-18-20(12-23(2,3)13-21(18)29)28(15)16-4-5-19(17(11-16)22(24)30)26-7-9-27-8-6-25-14-27/h4-6,8,10-11,14,26H,7,9,12-13H2,1-3H3,(H2,24,30). The number of primary amides is 1. The molecule has 2 heterocycles. The van der Waals surface area contributed by atoms with Crippen molar-refractivity contribution < 1.29 is 9.59 Å². The van der Waals surface area contributed by atoms with Gasteiger partial charge in [-0.3, -0.25) is 9.59 Å². The second kappa shape index (κ2) is 7.48. The quantitative estimate of drug-likeness (QED) is 0.657. The Balaban J connectivity index is 1.67. The first-order valence-electron chi connectivity index (χ1n) is 10.1. The molecule has 3 N–H and O–H groups in total. The predicted octanol–water partition coefficient (Wildman–Crippen LogP) is 3.35. The maximum atomic E-state index is 12.6. The number of hydrogen-bond acceptors (Lipinski definition) is 4. The zero-order chi connectivity index (χ0) is 21.5. The Hall–Kier alpha value is -3.35. The number of fused-ring (bicyclic) bond motifs is 1. The Bertz CT molecular complexity index is 1110. The van der Waals surface area contributed by atoms with E-state index >= 15 is 0 Å². The number of rotatable bonds is 6. The fraction of sp³-hybridized carbons (Fsp3) is 0.348. The normalized spacial score (nSPS) is 15.1. The van der Waals surface area contributed by atoms with Crippen LogP contribution in [0, 0.1) is 12.3 Å². The van der Waals surface area contributed by atoms with Crippen LogP contribution in [0.3, 0.4) is 0 Å². The molecular weight excluding hydrogens is 378 g/mol. The van der Waals surface area contributed by atoms with Gasteiger partial charge in [-0.05, 0) is 43.0 Å². The molecule has 30 heavy (non-hydrogen) atoms. The SMILES string of the molecule is Cc1cc2c(n1-c1ccc(NCCn3ccnc3)c(C(N)=O)c1)CC(C)(C)CC2=O. The van der Waals surface area contributed by atoms with E-state index < -0.39 is 5.91 Å². The number of imidazole rings is 1. The van der Waals surface area contributed by atoms with Crippen molar-refractivity contribution in [1.82, 2.24) is 14.1 Å². The molecule has 0 radical (unpaired) electrons. The summed E-state index contributed by atoms with van der Waals surface area (Å²) in [7, 11) is 0. The number of carbonyl (C=O) groups excluding carboxylic acids is 2. The number of ketones is 1. The summed E-state index contributed by atoms with van der Waals surface area (Å²) in [4.78, 5) is 28.8. The molecule has 0 saturated carbocycles. The van der Waals surface area contributed by atoms with Crippen molar-refractivity contribution >= 4 is 17.4 Å². The average molecular weight is 406 g/mol. The molecule has 0 unspecified atom stereocenters. The fourth-order valence-electron chi connectivity index (χ4n) is 4.28. The summed E-state index contributed by atoms with van der Waals surface area (Å²) >= 11 is 0. The minimum atomic E-state index is -0.489. The molecule has 1 amide bonds. The van der Waals surface area contributed by atoms with Gasteiger partial charge in [0.25, 0.3) is 5.91 Å². The summed E-state index contributed by atoms with van der Waals surface area (Å²) < 4.78 is 4.04. The molecule has 0 fully saturated rings. The number of nitrogens with zero attached hydrogens (tertiary/aromatic N) is 3. The van der Waals surface area contributed by atoms with Gasteiger partial charge in [-0.2, -0.15) is 0 Å². The number of amides is 1. The Labute approximate surface area is 175 Å². The first-order valence-corrected chi connectivity index (χ1v) is 10.1. The van der Waals surface area contributed by atoms with Gasteiger partial charge in [0, 0.05) is 60.2 Å². The second-order valence-electron chi connectivity index (χ2n) is 8.74. The molecule has 1 aliphatic rings. The average Bonchev–Trinajstić information content (AvgIpc) is 3.29. The third-order valence-corrected chi connectivity index (χ3v) is 5.64. The predicted molar refractivity (Wildman–Crippen MR) is 116 cm³/mol. The van der Waals surface area contributed by atoms with Crippen LogP contribution >= 0.6 is 0 Å². The lowest BCUT2D eigenvalue weighted by molar-refractivity contribution is 0.0910. The molecule has 0 saturated heterocycles. The van der Waals surface area contributed by atoms with E-state index in [2.05, 4.69) is 28.7 Å². The highest BCUT2D eigenvalue weighted by Gasteiger charge is 2.34. The number of benzene rings is 1. The highest BCUT2D eigenvalue weighted by molar-refractivity contribution is 6.00. The third-order valence-electron chi connectivity index (χ3n) is 5.64. The number of carbonyl (C=O) groups is 2. The van der Waals surface area contributed by atoms with Crippen molar-refractivity contribution in [3.8, 4) is 5.69 Å². The number of aromatic nitrogens is 3. The Kier molecular flexibility index (Phi) is 4.97. The highest BCUT2D eigenvalue weighted by Crippen LogP contribution is 2.37. The first-order chi connectivity index (χ1) is 14.2. The third kappa shape index (κ3) is 3.75. The first kappa shape index (κ1) is 19.9. The van der Waals surface area contributed by atoms with Crippen LogP contribution in [0.4, 0.5) is 5.69 Å². The minimum Gasteiger partial charge on any atom is -0.383 e. The van der Waals surface area contributed by atoms with E-state index in [1.807, 2.05) is 35.9 Å². The van der Waals surface area contributed by atoms with Crippen molar-refractivity contribution in [3.05, 3.63) is 65.5 Å². The van der Waals surface area contributed by atoms with Crippen molar-refractivity contribution in [3.63, 3.8) is 0 Å². The largest absolute Gasteiger partial charge is 0.383 e. The molecule has 1 aromatic carbocycles. The molecule has 7 nitrogen and oxygen atoms in total. The Morgan fingerprint density at radius 2 is 2.07 bits per heavy atom. The monoisotopic (exact) mass is 405 g/mol. The Morgan fingerprint density at radius 3 is 2.77 bits per heavy atom. The number of nitrogens with two attached hydrogens (primary N) is 1. The molecular formula is C23H27N5O2. The second-order valence-corrected chi connectivity index (χ2v) is 8.74. The van der Waals surface area contributed by atoms with E-state index in [1.165, 1.54) is 0 Å². The molecule has 2 aromatic heterocycles. The number of nitrogens with one attached hydrogen (secondary N) is 1. The number of Topliss-reactive ketones (excluding diaryl/α,β-unsaturated/α-hetero) is 1. The van der Waals surface area contributed by atoms with Crippen LogP contribution in [0.25, 0.3) is 5.69 Å².